The first-order valence-corrected chi connectivity index (χ1v) is 15.4. The molecule has 1 N–H and O–H groups in total. The molecule has 1 saturated carbocycles. The van der Waals surface area contributed by atoms with E-state index in [1.807, 2.05) is 42.5 Å². The van der Waals surface area contributed by atoms with Crippen LogP contribution in [0, 0.1) is 0 Å². The number of aromatic nitrogens is 5. The van der Waals surface area contributed by atoms with Crippen LogP contribution in [0.5, 0.6) is 11.9 Å². The fourth-order valence-electron chi connectivity index (χ4n) is 5.63. The molecule has 2 fully saturated rings. The molecule has 0 spiro atoms. The quantitative estimate of drug-likeness (QED) is 0.222. The fourth-order valence-corrected chi connectivity index (χ4v) is 5.63. The molecule has 1 amide bonds. The number of pyridine rings is 1. The van der Waals surface area contributed by atoms with Gasteiger partial charge in [0, 0.05) is 54.4 Å². The Morgan fingerprint density at radius 1 is 0.936 bits per heavy atom. The number of anilines is 2. The van der Waals surface area contributed by atoms with E-state index in [9.17, 15) is 18.0 Å². The summed E-state index contributed by atoms with van der Waals surface area (Å²) in [5.74, 6) is 0.0618. The monoisotopic (exact) mass is 649 g/mol. The minimum absolute atomic E-state index is 0.0360. The van der Waals surface area contributed by atoms with Crippen LogP contribution < -0.4 is 19.7 Å². The number of nitrogens with one attached hydrogen (secondary N) is 1. The molecule has 11 nitrogen and oxygen atoms in total. The molecule has 1 aliphatic heterocycles. The summed E-state index contributed by atoms with van der Waals surface area (Å²) in [5.41, 5.74) is 1.60. The lowest BCUT2D eigenvalue weighted by molar-refractivity contribution is -0.142. The first-order chi connectivity index (χ1) is 22.8. The Morgan fingerprint density at radius 2 is 1.66 bits per heavy atom. The number of alkyl halides is 3. The number of benzene rings is 1. The lowest BCUT2D eigenvalue weighted by Crippen LogP contribution is -2.45. The smallest absolute Gasteiger partial charge is 0.423 e. The number of halogens is 3. The number of carbonyl (C=O) groups excluding carboxylic acids is 1. The Kier molecular flexibility index (Phi) is 9.76. The minimum Gasteiger partial charge on any atom is -0.469 e. The molecule has 4 heterocycles. The molecule has 0 radical (unpaired) electrons. The highest BCUT2D eigenvalue weighted by Crippen LogP contribution is 2.36. The maximum atomic E-state index is 13.8. The molecule has 1 aromatic carbocycles. The normalized spacial score (nSPS) is 18.2. The maximum absolute atomic E-state index is 13.8. The van der Waals surface area contributed by atoms with Gasteiger partial charge in [0.1, 0.15) is 17.5 Å². The molecule has 3 aromatic heterocycles. The van der Waals surface area contributed by atoms with Gasteiger partial charge in [-0.2, -0.15) is 18.2 Å². The van der Waals surface area contributed by atoms with E-state index >= 15 is 0 Å². The topological polar surface area (TPSA) is 124 Å². The lowest BCUT2D eigenvalue weighted by atomic mass is 9.89. The van der Waals surface area contributed by atoms with Crippen LogP contribution in [0.2, 0.25) is 0 Å². The van der Waals surface area contributed by atoms with Crippen molar-refractivity contribution in [3.05, 3.63) is 78.4 Å². The summed E-state index contributed by atoms with van der Waals surface area (Å²) in [6, 6.07) is 13.6. The summed E-state index contributed by atoms with van der Waals surface area (Å²) in [5, 5.41) is 3.18. The second kappa shape index (κ2) is 14.3. The van der Waals surface area contributed by atoms with Gasteiger partial charge in [0.2, 0.25) is 17.7 Å². The van der Waals surface area contributed by atoms with E-state index in [1.165, 1.54) is 7.11 Å². The van der Waals surface area contributed by atoms with E-state index in [0.717, 1.165) is 22.9 Å². The first kappa shape index (κ1) is 32.1. The average Bonchev–Trinajstić information content (AvgIpc) is 3.07. The Bertz CT molecular complexity index is 1630. The van der Waals surface area contributed by atoms with E-state index in [1.54, 1.807) is 23.5 Å². The molecule has 0 atom stereocenters. The summed E-state index contributed by atoms with van der Waals surface area (Å²) in [7, 11) is 1.50. The maximum Gasteiger partial charge on any atom is 0.423 e. The van der Waals surface area contributed by atoms with E-state index in [-0.39, 0.29) is 43.2 Å². The number of hydrogen-bond acceptors (Lipinski definition) is 10. The van der Waals surface area contributed by atoms with Crippen molar-refractivity contribution in [2.45, 2.75) is 62.9 Å². The molecule has 0 bridgehead atoms. The van der Waals surface area contributed by atoms with Crippen molar-refractivity contribution < 1.29 is 32.2 Å². The third-order valence-corrected chi connectivity index (χ3v) is 8.22. The molecule has 2 aliphatic rings. The molecule has 47 heavy (non-hydrogen) atoms. The highest BCUT2D eigenvalue weighted by atomic mass is 19.4. The van der Waals surface area contributed by atoms with Gasteiger partial charge >= 0.3 is 12.2 Å². The standard InChI is InChI=1S/C33H34F3N7O4/c1-45-32-39-16-23(17-40-32)22-8-13-28(37-15-22)43(29(44)14-7-21-5-3-2-4-6-21)25-11-9-24(10-12-25)41-31-38-18-27(33(34,35)36)30(42-31)47-26-19-46-20-26/h2-6,8,13,15-18,24-26H,7,9-12,14,19-20H2,1H3,(H,38,41,42). The first-order valence-electron chi connectivity index (χ1n) is 15.4. The summed E-state index contributed by atoms with van der Waals surface area (Å²) < 4.78 is 56.2. The third kappa shape index (κ3) is 7.94. The number of nitrogens with zero attached hydrogens (tertiary/aromatic N) is 6. The molecule has 4 aromatic rings. The number of carbonyl (C=O) groups is 1. The SMILES string of the molecule is COc1ncc(-c2ccc(N(C(=O)CCc3ccccc3)C3CCC(Nc4ncc(C(F)(F)F)c(OC5COC5)n4)CC3)nc2)cn1. The number of rotatable bonds is 11. The van der Waals surface area contributed by atoms with Gasteiger partial charge < -0.3 is 19.5 Å². The van der Waals surface area contributed by atoms with Crippen LogP contribution in [0.15, 0.2) is 67.3 Å². The van der Waals surface area contributed by atoms with Crippen LogP contribution in [0.1, 0.15) is 43.2 Å². The zero-order chi connectivity index (χ0) is 32.8. The third-order valence-electron chi connectivity index (χ3n) is 8.22. The van der Waals surface area contributed by atoms with Crippen molar-refractivity contribution in [1.82, 2.24) is 24.9 Å². The molecule has 246 valence electrons. The van der Waals surface area contributed by atoms with Crippen molar-refractivity contribution in [3.63, 3.8) is 0 Å². The Balaban J connectivity index is 1.15. The van der Waals surface area contributed by atoms with Gasteiger partial charge in [-0.3, -0.25) is 9.69 Å². The summed E-state index contributed by atoms with van der Waals surface area (Å²) >= 11 is 0. The second-order valence-electron chi connectivity index (χ2n) is 11.5. The van der Waals surface area contributed by atoms with Crippen LogP contribution in [0.25, 0.3) is 11.1 Å². The molecular weight excluding hydrogens is 615 g/mol. The Hall–Kier alpha value is -4.85. The predicted molar refractivity (Wildman–Crippen MR) is 166 cm³/mol. The van der Waals surface area contributed by atoms with Crippen molar-refractivity contribution in [2.24, 2.45) is 0 Å². The van der Waals surface area contributed by atoms with Crippen LogP contribution in [-0.2, 0) is 22.1 Å². The zero-order valence-corrected chi connectivity index (χ0v) is 25.7. The van der Waals surface area contributed by atoms with Crippen LogP contribution >= 0.6 is 0 Å². The number of aryl methyl sites for hydroxylation is 1. The number of ether oxygens (including phenoxy) is 3. The molecule has 14 heteroatoms. The predicted octanol–water partition coefficient (Wildman–Crippen LogP) is 5.52. The Labute approximate surface area is 269 Å². The van der Waals surface area contributed by atoms with Gasteiger partial charge in [0.15, 0.2) is 0 Å². The molecule has 1 aliphatic carbocycles. The van der Waals surface area contributed by atoms with Crippen molar-refractivity contribution in [1.29, 1.82) is 0 Å². The fraction of sp³-hybridized carbons (Fsp3) is 0.394. The van der Waals surface area contributed by atoms with Gasteiger partial charge in [-0.25, -0.2) is 19.9 Å². The summed E-state index contributed by atoms with van der Waals surface area (Å²) in [6.45, 7) is 0.421. The summed E-state index contributed by atoms with van der Waals surface area (Å²) in [6.07, 6.45) is 4.10. The minimum atomic E-state index is -4.65. The number of hydrogen-bond donors (Lipinski definition) is 1. The average molecular weight is 650 g/mol. The van der Waals surface area contributed by atoms with E-state index in [2.05, 4.69) is 30.2 Å². The molecule has 1 saturated heterocycles. The molecule has 6 rings (SSSR count). The van der Waals surface area contributed by atoms with E-state index in [4.69, 9.17) is 14.2 Å². The van der Waals surface area contributed by atoms with E-state index < -0.39 is 23.7 Å². The summed E-state index contributed by atoms with van der Waals surface area (Å²) in [4.78, 5) is 36.6. The molecular formula is C33H34F3N7O4. The van der Waals surface area contributed by atoms with Crippen LogP contribution in [0.4, 0.5) is 24.9 Å². The highest BCUT2D eigenvalue weighted by molar-refractivity contribution is 5.93. The van der Waals surface area contributed by atoms with Gasteiger partial charge in [0.25, 0.3) is 0 Å². The van der Waals surface area contributed by atoms with Gasteiger partial charge in [-0.05, 0) is 49.8 Å². The second-order valence-corrected chi connectivity index (χ2v) is 11.5. The zero-order valence-electron chi connectivity index (χ0n) is 25.7. The molecule has 0 unspecified atom stereocenters. The Morgan fingerprint density at radius 3 is 2.28 bits per heavy atom. The number of amides is 1. The van der Waals surface area contributed by atoms with Crippen LogP contribution in [-0.4, -0.2) is 69.3 Å². The highest BCUT2D eigenvalue weighted by Gasteiger charge is 2.38. The van der Waals surface area contributed by atoms with Gasteiger partial charge in [-0.15, -0.1) is 0 Å². The number of methoxy groups -OCH3 is 1. The van der Waals surface area contributed by atoms with Gasteiger partial charge in [0.05, 0.1) is 20.3 Å². The van der Waals surface area contributed by atoms with Crippen molar-refractivity contribution in [2.75, 3.05) is 30.5 Å². The van der Waals surface area contributed by atoms with Gasteiger partial charge in [-0.1, -0.05) is 30.3 Å². The largest absolute Gasteiger partial charge is 0.469 e. The van der Waals surface area contributed by atoms with E-state index in [0.29, 0.717) is 44.3 Å². The van der Waals surface area contributed by atoms with Crippen molar-refractivity contribution >= 4 is 17.7 Å². The van der Waals surface area contributed by atoms with Crippen molar-refractivity contribution in [3.8, 4) is 23.0 Å². The lowest BCUT2D eigenvalue weighted by Gasteiger charge is -2.36. The van der Waals surface area contributed by atoms with Crippen LogP contribution in [0.3, 0.4) is 0 Å².